The number of nitrogens with one attached hydrogen (secondary N) is 2. The second-order valence-electron chi connectivity index (χ2n) is 7.57. The second-order valence-corrected chi connectivity index (χ2v) is 8.32. The van der Waals surface area contributed by atoms with Crippen LogP contribution in [-0.2, 0) is 9.59 Å². The van der Waals surface area contributed by atoms with Crippen molar-refractivity contribution in [3.8, 4) is 0 Å². The normalized spacial score (nSPS) is 11.8. The molecule has 0 saturated carbocycles. The topological polar surface area (TPSA) is 101 Å². The third kappa shape index (κ3) is 6.42. The summed E-state index contributed by atoms with van der Waals surface area (Å²) >= 11 is 1.01. The van der Waals surface area contributed by atoms with E-state index < -0.39 is 6.04 Å². The van der Waals surface area contributed by atoms with Crippen molar-refractivity contribution < 1.29 is 14.4 Å². The van der Waals surface area contributed by atoms with Crippen LogP contribution in [-0.4, -0.2) is 33.2 Å². The van der Waals surface area contributed by atoms with E-state index in [1.54, 1.807) is 13.8 Å². The minimum atomic E-state index is -0.696. The second kappa shape index (κ2) is 10.8. The Balaban J connectivity index is 1.68. The van der Waals surface area contributed by atoms with Gasteiger partial charge in [-0.2, -0.15) is 0 Å². The number of anilines is 1. The Morgan fingerprint density at radius 1 is 1.03 bits per heavy atom. The molecule has 2 N–H and O–H groups in total. The number of carbonyl (C=O) groups excluding carboxylic acids is 3. The number of amides is 2. The van der Waals surface area contributed by atoms with E-state index in [-0.39, 0.29) is 17.6 Å². The van der Waals surface area contributed by atoms with Crippen molar-refractivity contribution in [3.63, 3.8) is 0 Å². The molecule has 7 nitrogen and oxygen atoms in total. The average Bonchev–Trinajstić information content (AvgIpc) is 3.18. The van der Waals surface area contributed by atoms with Crippen molar-refractivity contribution in [2.75, 3.05) is 5.32 Å². The molecule has 0 radical (unpaired) electrons. The highest BCUT2D eigenvalue weighted by molar-refractivity contribution is 7.08. The molecular weight excluding hydrogens is 412 g/mol. The van der Waals surface area contributed by atoms with Gasteiger partial charge in [0.05, 0.1) is 5.69 Å². The highest BCUT2D eigenvalue weighted by Gasteiger charge is 2.23. The molecule has 2 aromatic carbocycles. The Kier molecular flexibility index (Phi) is 7.83. The van der Waals surface area contributed by atoms with E-state index in [1.807, 2.05) is 42.5 Å². The lowest BCUT2D eigenvalue weighted by Gasteiger charge is -2.18. The first-order valence-electron chi connectivity index (χ1n) is 10.3. The van der Waals surface area contributed by atoms with Gasteiger partial charge in [-0.05, 0) is 61.1 Å². The first-order valence-corrected chi connectivity index (χ1v) is 11.1. The molecule has 0 bridgehead atoms. The van der Waals surface area contributed by atoms with Crippen molar-refractivity contribution in [2.45, 2.75) is 52.0 Å². The van der Waals surface area contributed by atoms with E-state index in [0.29, 0.717) is 29.1 Å². The molecule has 1 atom stereocenters. The number of benzene rings is 2. The maximum atomic E-state index is 13.0. The summed E-state index contributed by atoms with van der Waals surface area (Å²) in [6, 6.07) is 12.9. The van der Waals surface area contributed by atoms with Crippen LogP contribution in [0.4, 0.5) is 5.69 Å². The molecular formula is C23H26N4O3S. The SMILES string of the molecule is CC(=O)CCCCC[C@H](NC(=O)c1snnc1C)C(=O)Nc1ccc2ccccc2c1. The first-order chi connectivity index (χ1) is 14.9. The zero-order chi connectivity index (χ0) is 22.2. The van der Waals surface area contributed by atoms with Crippen LogP contribution < -0.4 is 10.6 Å². The Labute approximate surface area is 185 Å². The van der Waals surface area contributed by atoms with Gasteiger partial charge in [0.25, 0.3) is 5.91 Å². The van der Waals surface area contributed by atoms with E-state index in [9.17, 15) is 14.4 Å². The molecule has 0 fully saturated rings. The average molecular weight is 439 g/mol. The monoisotopic (exact) mass is 438 g/mol. The van der Waals surface area contributed by atoms with Crippen LogP contribution in [0.2, 0.25) is 0 Å². The quantitative estimate of drug-likeness (QED) is 0.460. The number of nitrogens with zero attached hydrogens (tertiary/aromatic N) is 2. The summed E-state index contributed by atoms with van der Waals surface area (Å²) in [4.78, 5) is 37.2. The van der Waals surface area contributed by atoms with Crippen molar-refractivity contribution in [1.82, 2.24) is 14.9 Å². The Morgan fingerprint density at radius 3 is 2.52 bits per heavy atom. The number of ketones is 1. The van der Waals surface area contributed by atoms with Crippen LogP contribution in [0.25, 0.3) is 10.8 Å². The van der Waals surface area contributed by atoms with Crippen molar-refractivity contribution >= 4 is 45.6 Å². The predicted molar refractivity (Wildman–Crippen MR) is 122 cm³/mol. The van der Waals surface area contributed by atoms with Gasteiger partial charge in [0.2, 0.25) is 5.91 Å². The standard InChI is InChI=1S/C23H26N4O3S/c1-15(28)8-4-3-5-11-20(25-23(30)21-16(2)26-27-31-21)22(29)24-19-13-12-17-9-6-7-10-18(17)14-19/h6-7,9-10,12-14,20H,3-5,8,11H2,1-2H3,(H,24,29)(H,25,30)/t20-/m0/s1. The van der Waals surface area contributed by atoms with Gasteiger partial charge in [-0.15, -0.1) is 5.10 Å². The lowest BCUT2D eigenvalue weighted by molar-refractivity contribution is -0.118. The number of fused-ring (bicyclic) bond motifs is 1. The van der Waals surface area contributed by atoms with Gasteiger partial charge < -0.3 is 15.4 Å². The number of carbonyl (C=O) groups is 3. The maximum absolute atomic E-state index is 13.0. The lowest BCUT2D eigenvalue weighted by Crippen LogP contribution is -2.43. The van der Waals surface area contributed by atoms with Gasteiger partial charge in [0.1, 0.15) is 16.7 Å². The van der Waals surface area contributed by atoms with Gasteiger partial charge in [-0.25, -0.2) is 0 Å². The summed E-state index contributed by atoms with van der Waals surface area (Å²) in [7, 11) is 0. The first kappa shape index (κ1) is 22.6. The van der Waals surface area contributed by atoms with E-state index >= 15 is 0 Å². The van der Waals surface area contributed by atoms with Crippen LogP contribution in [0.15, 0.2) is 42.5 Å². The fraction of sp³-hybridized carbons (Fsp3) is 0.348. The fourth-order valence-corrected chi connectivity index (χ4v) is 3.89. The molecule has 1 aromatic heterocycles. The third-order valence-corrected chi connectivity index (χ3v) is 5.84. The number of hydrogen-bond donors (Lipinski definition) is 2. The minimum absolute atomic E-state index is 0.159. The van der Waals surface area contributed by atoms with E-state index in [4.69, 9.17) is 0 Å². The molecule has 3 aromatic rings. The van der Waals surface area contributed by atoms with Gasteiger partial charge in [-0.1, -0.05) is 47.7 Å². The van der Waals surface area contributed by atoms with Gasteiger partial charge in [0, 0.05) is 12.1 Å². The smallest absolute Gasteiger partial charge is 0.265 e. The van der Waals surface area contributed by atoms with E-state index in [0.717, 1.165) is 41.6 Å². The number of unbranched alkanes of at least 4 members (excludes halogenated alkanes) is 2. The molecule has 3 rings (SSSR count). The number of Topliss-reactive ketones (excluding diaryl/α,β-unsaturated/α-hetero) is 1. The summed E-state index contributed by atoms with van der Waals surface area (Å²) < 4.78 is 3.79. The van der Waals surface area contributed by atoms with Crippen LogP contribution in [0, 0.1) is 6.92 Å². The Bertz CT molecular complexity index is 1080. The number of aromatic nitrogens is 2. The molecule has 8 heteroatoms. The fourth-order valence-electron chi connectivity index (χ4n) is 3.33. The molecule has 31 heavy (non-hydrogen) atoms. The molecule has 0 spiro atoms. The van der Waals surface area contributed by atoms with Gasteiger partial charge in [0.15, 0.2) is 0 Å². The van der Waals surface area contributed by atoms with E-state index in [1.165, 1.54) is 0 Å². The highest BCUT2D eigenvalue weighted by Crippen LogP contribution is 2.20. The third-order valence-electron chi connectivity index (χ3n) is 5.02. The molecule has 0 saturated heterocycles. The van der Waals surface area contributed by atoms with Crippen molar-refractivity contribution in [1.29, 1.82) is 0 Å². The van der Waals surface area contributed by atoms with Crippen LogP contribution in [0.5, 0.6) is 0 Å². The molecule has 2 amide bonds. The molecule has 1 heterocycles. The molecule has 0 unspecified atom stereocenters. The summed E-state index contributed by atoms with van der Waals surface area (Å²) in [6.45, 7) is 3.29. The molecule has 162 valence electrons. The zero-order valence-electron chi connectivity index (χ0n) is 17.7. The van der Waals surface area contributed by atoms with Crippen molar-refractivity contribution in [2.24, 2.45) is 0 Å². The number of aryl methyl sites for hydroxylation is 1. The van der Waals surface area contributed by atoms with Gasteiger partial charge in [-0.3, -0.25) is 9.59 Å². The number of rotatable bonds is 10. The molecule has 0 aliphatic carbocycles. The summed E-state index contributed by atoms with van der Waals surface area (Å²) in [5.41, 5.74) is 1.22. The minimum Gasteiger partial charge on any atom is -0.339 e. The van der Waals surface area contributed by atoms with Crippen molar-refractivity contribution in [3.05, 3.63) is 53.0 Å². The number of hydrogen-bond acceptors (Lipinski definition) is 6. The Morgan fingerprint density at radius 2 is 1.81 bits per heavy atom. The molecule has 0 aliphatic rings. The molecule has 0 aliphatic heterocycles. The van der Waals surface area contributed by atoms with E-state index in [2.05, 4.69) is 20.2 Å². The predicted octanol–water partition coefficient (Wildman–Crippen LogP) is 4.28. The largest absolute Gasteiger partial charge is 0.339 e. The lowest BCUT2D eigenvalue weighted by atomic mass is 10.0. The summed E-state index contributed by atoms with van der Waals surface area (Å²) in [6.07, 6.45) is 3.33. The van der Waals surface area contributed by atoms with Crippen LogP contribution >= 0.6 is 11.5 Å². The van der Waals surface area contributed by atoms with Crippen LogP contribution in [0.1, 0.15) is 54.4 Å². The Hall–Kier alpha value is -3.13. The summed E-state index contributed by atoms with van der Waals surface area (Å²) in [5, 5.41) is 11.7. The van der Waals surface area contributed by atoms with Gasteiger partial charge >= 0.3 is 0 Å². The summed E-state index contributed by atoms with van der Waals surface area (Å²) in [5.74, 6) is -0.465. The maximum Gasteiger partial charge on any atom is 0.265 e. The zero-order valence-corrected chi connectivity index (χ0v) is 18.5. The van der Waals surface area contributed by atoms with Crippen LogP contribution in [0.3, 0.4) is 0 Å². The highest BCUT2D eigenvalue weighted by atomic mass is 32.1.